The number of likely N-dealkylation sites (tertiary alicyclic amines) is 1. The Morgan fingerprint density at radius 2 is 1.82 bits per heavy atom. The fourth-order valence-corrected chi connectivity index (χ4v) is 4.99. The van der Waals surface area contributed by atoms with Crippen molar-refractivity contribution in [3.05, 3.63) is 59.7 Å². The summed E-state index contributed by atoms with van der Waals surface area (Å²) in [5.41, 5.74) is 3.36. The number of ether oxygens (including phenoxy) is 1. The van der Waals surface area contributed by atoms with E-state index in [1.807, 2.05) is 43.3 Å². The maximum Gasteiger partial charge on any atom is 0.321 e. The van der Waals surface area contributed by atoms with Crippen LogP contribution < -0.4 is 10.1 Å². The van der Waals surface area contributed by atoms with Crippen LogP contribution in [-0.4, -0.2) is 73.5 Å². The second kappa shape index (κ2) is 10.3. The third-order valence-corrected chi connectivity index (χ3v) is 6.86. The summed E-state index contributed by atoms with van der Waals surface area (Å²) in [4.78, 5) is 31.5. The van der Waals surface area contributed by atoms with E-state index in [9.17, 15) is 9.59 Å². The molecule has 2 aliphatic heterocycles. The van der Waals surface area contributed by atoms with Crippen LogP contribution in [0.15, 0.2) is 48.5 Å². The zero-order valence-corrected chi connectivity index (χ0v) is 19.8. The number of anilines is 1. The van der Waals surface area contributed by atoms with Gasteiger partial charge in [0, 0.05) is 64.0 Å². The topological polar surface area (TPSA) is 65.1 Å². The molecule has 0 saturated carbocycles. The van der Waals surface area contributed by atoms with E-state index < -0.39 is 0 Å². The summed E-state index contributed by atoms with van der Waals surface area (Å²) in [6, 6.07) is 16.3. The van der Waals surface area contributed by atoms with Crippen LogP contribution in [0.4, 0.5) is 10.5 Å². The zero-order valence-electron chi connectivity index (χ0n) is 19.8. The number of carbonyl (C=O) groups is 2. The molecule has 1 unspecified atom stereocenters. The summed E-state index contributed by atoms with van der Waals surface area (Å²) in [6.45, 7) is 2.35. The Morgan fingerprint density at radius 3 is 2.55 bits per heavy atom. The first-order chi connectivity index (χ1) is 16.0. The van der Waals surface area contributed by atoms with Gasteiger partial charge in [0.2, 0.25) is 5.91 Å². The molecule has 0 spiro atoms. The maximum absolute atomic E-state index is 12.8. The molecule has 1 saturated heterocycles. The number of methoxy groups -OCH3 is 1. The number of hydrogen-bond acceptors (Lipinski definition) is 4. The second-order valence-corrected chi connectivity index (χ2v) is 9.08. The van der Waals surface area contributed by atoms with Crippen molar-refractivity contribution in [1.29, 1.82) is 0 Å². The van der Waals surface area contributed by atoms with Gasteiger partial charge in [-0.2, -0.15) is 0 Å². The van der Waals surface area contributed by atoms with Crippen molar-refractivity contribution >= 4 is 17.6 Å². The van der Waals surface area contributed by atoms with E-state index in [0.717, 1.165) is 37.2 Å². The Kier molecular flexibility index (Phi) is 7.18. The van der Waals surface area contributed by atoms with Crippen molar-refractivity contribution < 1.29 is 14.3 Å². The van der Waals surface area contributed by atoms with Crippen LogP contribution in [0.2, 0.25) is 0 Å². The Morgan fingerprint density at radius 1 is 1.06 bits per heavy atom. The number of nitrogens with one attached hydrogen (secondary N) is 1. The van der Waals surface area contributed by atoms with E-state index in [1.165, 1.54) is 11.1 Å². The van der Waals surface area contributed by atoms with Crippen LogP contribution in [-0.2, 0) is 11.2 Å². The molecule has 2 aliphatic rings. The van der Waals surface area contributed by atoms with Gasteiger partial charge in [0.15, 0.2) is 0 Å². The first-order valence-corrected chi connectivity index (χ1v) is 11.7. The Balaban J connectivity index is 1.41. The number of fused-ring (bicyclic) bond motifs is 1. The van der Waals surface area contributed by atoms with Crippen molar-refractivity contribution in [3.63, 3.8) is 0 Å². The average molecular weight is 451 g/mol. The van der Waals surface area contributed by atoms with Crippen LogP contribution in [0.1, 0.15) is 36.4 Å². The number of benzene rings is 2. The lowest BCUT2D eigenvalue weighted by atomic mass is 9.87. The highest BCUT2D eigenvalue weighted by atomic mass is 16.5. The van der Waals surface area contributed by atoms with E-state index in [4.69, 9.17) is 4.74 Å². The van der Waals surface area contributed by atoms with Gasteiger partial charge in [-0.3, -0.25) is 9.69 Å². The Labute approximate surface area is 196 Å². The van der Waals surface area contributed by atoms with Gasteiger partial charge in [0.05, 0.1) is 7.11 Å². The number of rotatable bonds is 5. The smallest absolute Gasteiger partial charge is 0.321 e. The summed E-state index contributed by atoms with van der Waals surface area (Å²) in [6.07, 6.45) is 3.29. The summed E-state index contributed by atoms with van der Waals surface area (Å²) in [7, 11) is 5.26. The molecule has 7 nitrogen and oxygen atoms in total. The number of amides is 3. The van der Waals surface area contributed by atoms with Crippen molar-refractivity contribution in [2.75, 3.05) is 46.2 Å². The lowest BCUT2D eigenvalue weighted by molar-refractivity contribution is -0.130. The number of hydrogen-bond donors (Lipinski definition) is 1. The van der Waals surface area contributed by atoms with Crippen molar-refractivity contribution in [3.8, 4) is 5.75 Å². The van der Waals surface area contributed by atoms with Gasteiger partial charge in [-0.25, -0.2) is 4.79 Å². The van der Waals surface area contributed by atoms with Gasteiger partial charge >= 0.3 is 6.03 Å². The van der Waals surface area contributed by atoms with Gasteiger partial charge in [0.25, 0.3) is 0 Å². The van der Waals surface area contributed by atoms with Gasteiger partial charge in [-0.1, -0.05) is 30.3 Å². The Hall–Kier alpha value is -3.06. The summed E-state index contributed by atoms with van der Waals surface area (Å²) < 4.78 is 5.24. The fourth-order valence-electron chi connectivity index (χ4n) is 4.99. The van der Waals surface area contributed by atoms with Crippen molar-refractivity contribution in [1.82, 2.24) is 14.7 Å². The third kappa shape index (κ3) is 5.30. The molecule has 0 aliphatic carbocycles. The fraction of sp³-hybridized carbons (Fsp3) is 0.462. The molecule has 4 rings (SSSR count). The number of carbonyl (C=O) groups excluding carboxylic acids is 2. The van der Waals surface area contributed by atoms with E-state index in [-0.39, 0.29) is 18.0 Å². The Bertz CT molecular complexity index is 985. The van der Waals surface area contributed by atoms with Gasteiger partial charge in [-0.05, 0) is 42.5 Å². The van der Waals surface area contributed by atoms with Crippen LogP contribution in [0.5, 0.6) is 5.75 Å². The largest absolute Gasteiger partial charge is 0.497 e. The molecule has 1 atom stereocenters. The molecule has 0 radical (unpaired) electrons. The molecule has 3 amide bonds. The summed E-state index contributed by atoms with van der Waals surface area (Å²) in [5, 5.41) is 2.98. The minimum Gasteiger partial charge on any atom is -0.497 e. The second-order valence-electron chi connectivity index (χ2n) is 9.08. The van der Waals surface area contributed by atoms with Crippen LogP contribution in [0, 0.1) is 0 Å². The molecule has 176 valence electrons. The molecule has 1 N–H and O–H groups in total. The molecule has 0 bridgehead atoms. The highest BCUT2D eigenvalue weighted by Gasteiger charge is 2.36. The summed E-state index contributed by atoms with van der Waals surface area (Å²) in [5.74, 6) is 0.868. The van der Waals surface area contributed by atoms with Crippen LogP contribution in [0.25, 0.3) is 0 Å². The molecular weight excluding hydrogens is 416 g/mol. The number of nitrogens with zero attached hydrogens (tertiary/aromatic N) is 3. The van der Waals surface area contributed by atoms with Gasteiger partial charge in [-0.15, -0.1) is 0 Å². The maximum atomic E-state index is 12.8. The SMILES string of the molecule is COc1cccc(NC(=O)N2CCC(N3CCc4ccccc4C3CC(=O)N(C)C)CC2)c1. The van der Waals surface area contributed by atoms with E-state index in [1.54, 1.807) is 12.0 Å². The van der Waals surface area contributed by atoms with Crippen LogP contribution in [0.3, 0.4) is 0 Å². The highest BCUT2D eigenvalue weighted by Crippen LogP contribution is 2.36. The molecule has 2 heterocycles. The van der Waals surface area contributed by atoms with Crippen molar-refractivity contribution in [2.45, 2.75) is 37.8 Å². The normalized spacial score (nSPS) is 19.0. The van der Waals surface area contributed by atoms with E-state index >= 15 is 0 Å². The predicted octanol–water partition coefficient (Wildman–Crippen LogP) is 3.77. The highest BCUT2D eigenvalue weighted by molar-refractivity contribution is 5.89. The average Bonchev–Trinajstić information content (AvgIpc) is 2.84. The van der Waals surface area contributed by atoms with Crippen molar-refractivity contribution in [2.24, 2.45) is 0 Å². The van der Waals surface area contributed by atoms with Gasteiger partial charge in [0.1, 0.15) is 5.75 Å². The monoisotopic (exact) mass is 450 g/mol. The van der Waals surface area contributed by atoms with Crippen LogP contribution >= 0.6 is 0 Å². The molecular formula is C26H34N4O3. The third-order valence-electron chi connectivity index (χ3n) is 6.86. The van der Waals surface area contributed by atoms with Gasteiger partial charge < -0.3 is 19.9 Å². The lowest BCUT2D eigenvalue weighted by Gasteiger charge is -2.45. The molecule has 33 heavy (non-hydrogen) atoms. The molecule has 7 heteroatoms. The standard InChI is InChI=1S/C26H34N4O3/c1-28(2)25(31)18-24-23-10-5-4-7-19(23)11-16-30(24)21-12-14-29(15-13-21)26(32)27-20-8-6-9-22(17-20)33-3/h4-10,17,21,24H,11-16,18H2,1-3H3,(H,27,32). The first kappa shape index (κ1) is 23.1. The number of urea groups is 1. The first-order valence-electron chi connectivity index (χ1n) is 11.7. The summed E-state index contributed by atoms with van der Waals surface area (Å²) >= 11 is 0. The minimum absolute atomic E-state index is 0.0787. The lowest BCUT2D eigenvalue weighted by Crippen LogP contribution is -2.51. The quantitative estimate of drug-likeness (QED) is 0.753. The molecule has 1 fully saturated rings. The minimum atomic E-state index is -0.0787. The molecule has 2 aromatic carbocycles. The molecule has 0 aromatic heterocycles. The van der Waals surface area contributed by atoms with E-state index in [0.29, 0.717) is 25.6 Å². The zero-order chi connectivity index (χ0) is 23.4. The predicted molar refractivity (Wildman–Crippen MR) is 130 cm³/mol. The molecule has 2 aromatic rings. The van der Waals surface area contributed by atoms with E-state index in [2.05, 4.69) is 34.5 Å². The number of piperidine rings is 1.